The lowest BCUT2D eigenvalue weighted by Gasteiger charge is -2.03. The standard InChI is InChI=1S/C13H14FN3/c14-11-4-2-1-3-9(11)13-10-5-7-15-8-6-12(10)16-17-13/h1-4,15H,5-8H2,(H,16,17). The summed E-state index contributed by atoms with van der Waals surface area (Å²) in [5, 5.41) is 10.6. The summed E-state index contributed by atoms with van der Waals surface area (Å²) in [6.07, 6.45) is 1.83. The van der Waals surface area contributed by atoms with Crippen LogP contribution in [0.4, 0.5) is 4.39 Å². The second kappa shape index (κ2) is 4.30. The van der Waals surface area contributed by atoms with Gasteiger partial charge in [-0.2, -0.15) is 5.10 Å². The minimum Gasteiger partial charge on any atom is -0.316 e. The van der Waals surface area contributed by atoms with E-state index in [0.29, 0.717) is 5.56 Å². The van der Waals surface area contributed by atoms with Gasteiger partial charge in [0.15, 0.2) is 0 Å². The number of rotatable bonds is 1. The van der Waals surface area contributed by atoms with Gasteiger partial charge in [-0.3, -0.25) is 5.10 Å². The first-order valence-electron chi connectivity index (χ1n) is 5.88. The molecule has 1 aliphatic rings. The van der Waals surface area contributed by atoms with E-state index in [1.165, 1.54) is 6.07 Å². The molecule has 88 valence electrons. The fraction of sp³-hybridized carbons (Fsp3) is 0.308. The molecule has 0 amide bonds. The summed E-state index contributed by atoms with van der Waals surface area (Å²) in [6, 6.07) is 6.80. The number of nitrogens with zero attached hydrogens (tertiary/aromatic N) is 1. The average Bonchev–Trinajstić information content (AvgIpc) is 2.59. The number of hydrogen-bond donors (Lipinski definition) is 2. The van der Waals surface area contributed by atoms with Gasteiger partial charge in [-0.05, 0) is 25.1 Å². The summed E-state index contributed by atoms with van der Waals surface area (Å²) < 4.78 is 13.8. The number of benzene rings is 1. The minimum absolute atomic E-state index is 0.209. The highest BCUT2D eigenvalue weighted by Crippen LogP contribution is 2.27. The van der Waals surface area contributed by atoms with E-state index in [9.17, 15) is 4.39 Å². The van der Waals surface area contributed by atoms with Crippen LogP contribution in [0.3, 0.4) is 0 Å². The zero-order chi connectivity index (χ0) is 11.7. The van der Waals surface area contributed by atoms with Crippen LogP contribution in [0, 0.1) is 5.82 Å². The Morgan fingerprint density at radius 3 is 2.82 bits per heavy atom. The molecule has 0 saturated heterocycles. The summed E-state index contributed by atoms with van der Waals surface area (Å²) in [5.41, 5.74) is 3.64. The highest BCUT2D eigenvalue weighted by atomic mass is 19.1. The highest BCUT2D eigenvalue weighted by Gasteiger charge is 2.18. The molecule has 3 rings (SSSR count). The van der Waals surface area contributed by atoms with Crippen LogP contribution in [0.2, 0.25) is 0 Å². The molecule has 0 fully saturated rings. The second-order valence-corrected chi connectivity index (χ2v) is 4.26. The maximum atomic E-state index is 13.8. The zero-order valence-corrected chi connectivity index (χ0v) is 9.46. The summed E-state index contributed by atoms with van der Waals surface area (Å²) >= 11 is 0. The second-order valence-electron chi connectivity index (χ2n) is 4.26. The third-order valence-electron chi connectivity index (χ3n) is 3.19. The lowest BCUT2D eigenvalue weighted by atomic mass is 10.0. The number of halogens is 1. The third kappa shape index (κ3) is 1.85. The van der Waals surface area contributed by atoms with E-state index in [1.54, 1.807) is 12.1 Å². The van der Waals surface area contributed by atoms with Crippen LogP contribution in [-0.2, 0) is 12.8 Å². The molecule has 2 aromatic rings. The van der Waals surface area contributed by atoms with Gasteiger partial charge in [0.05, 0.1) is 5.69 Å². The quantitative estimate of drug-likeness (QED) is 0.787. The molecule has 0 saturated carbocycles. The molecule has 1 aromatic heterocycles. The Bertz CT molecular complexity index is 533. The Labute approximate surface area is 99.1 Å². The molecule has 0 spiro atoms. The first-order chi connectivity index (χ1) is 8.36. The Morgan fingerprint density at radius 2 is 1.94 bits per heavy atom. The van der Waals surface area contributed by atoms with Crippen molar-refractivity contribution < 1.29 is 4.39 Å². The molecule has 1 aromatic carbocycles. The minimum atomic E-state index is -0.209. The average molecular weight is 231 g/mol. The molecular formula is C13H14FN3. The molecule has 17 heavy (non-hydrogen) atoms. The molecule has 0 aliphatic carbocycles. The Balaban J connectivity index is 2.10. The first-order valence-corrected chi connectivity index (χ1v) is 5.88. The molecule has 0 radical (unpaired) electrons. The number of hydrogen-bond acceptors (Lipinski definition) is 2. The van der Waals surface area contributed by atoms with Crippen molar-refractivity contribution in [1.82, 2.24) is 15.5 Å². The van der Waals surface area contributed by atoms with Gasteiger partial charge >= 0.3 is 0 Å². The molecule has 2 N–H and O–H groups in total. The maximum Gasteiger partial charge on any atom is 0.132 e. The lowest BCUT2D eigenvalue weighted by molar-refractivity contribution is 0.630. The van der Waals surface area contributed by atoms with Crippen LogP contribution in [0.25, 0.3) is 11.3 Å². The summed E-state index contributed by atoms with van der Waals surface area (Å²) in [7, 11) is 0. The number of H-pyrrole nitrogens is 1. The molecule has 3 nitrogen and oxygen atoms in total. The fourth-order valence-electron chi connectivity index (χ4n) is 2.31. The van der Waals surface area contributed by atoms with E-state index >= 15 is 0 Å². The Kier molecular flexibility index (Phi) is 2.65. The Morgan fingerprint density at radius 1 is 1.12 bits per heavy atom. The number of nitrogens with one attached hydrogen (secondary N) is 2. The van der Waals surface area contributed by atoms with Crippen molar-refractivity contribution in [2.75, 3.05) is 13.1 Å². The van der Waals surface area contributed by atoms with Crippen molar-refractivity contribution in [3.05, 3.63) is 41.3 Å². The van der Waals surface area contributed by atoms with Crippen LogP contribution in [0.15, 0.2) is 24.3 Å². The summed E-state index contributed by atoms with van der Waals surface area (Å²) in [5.74, 6) is -0.209. The molecule has 2 heterocycles. The largest absolute Gasteiger partial charge is 0.316 e. The van der Waals surface area contributed by atoms with Crippen LogP contribution >= 0.6 is 0 Å². The predicted octanol–water partition coefficient (Wildman–Crippen LogP) is 1.90. The smallest absolute Gasteiger partial charge is 0.132 e. The summed E-state index contributed by atoms with van der Waals surface area (Å²) in [4.78, 5) is 0. The lowest BCUT2D eigenvalue weighted by Crippen LogP contribution is -2.16. The SMILES string of the molecule is Fc1ccccc1-c1n[nH]c2c1CCNCC2. The third-order valence-corrected chi connectivity index (χ3v) is 3.19. The van der Waals surface area contributed by atoms with Crippen molar-refractivity contribution in [3.8, 4) is 11.3 Å². The molecule has 1 aliphatic heterocycles. The monoisotopic (exact) mass is 231 g/mol. The first kappa shape index (κ1) is 10.5. The normalized spacial score (nSPS) is 15.4. The molecular weight excluding hydrogens is 217 g/mol. The highest BCUT2D eigenvalue weighted by molar-refractivity contribution is 5.64. The Hall–Kier alpha value is -1.68. The van der Waals surface area contributed by atoms with Crippen molar-refractivity contribution in [3.63, 3.8) is 0 Å². The van der Waals surface area contributed by atoms with Gasteiger partial charge in [0.2, 0.25) is 0 Å². The number of fused-ring (bicyclic) bond motifs is 1. The van der Waals surface area contributed by atoms with Crippen LogP contribution in [0.1, 0.15) is 11.3 Å². The molecule has 0 bridgehead atoms. The topological polar surface area (TPSA) is 40.7 Å². The van der Waals surface area contributed by atoms with Gasteiger partial charge in [-0.25, -0.2) is 4.39 Å². The van der Waals surface area contributed by atoms with Gasteiger partial charge in [-0.15, -0.1) is 0 Å². The van der Waals surface area contributed by atoms with Crippen molar-refractivity contribution in [1.29, 1.82) is 0 Å². The predicted molar refractivity (Wildman–Crippen MR) is 64.3 cm³/mol. The van der Waals surface area contributed by atoms with Gasteiger partial charge in [0, 0.05) is 29.8 Å². The van der Waals surface area contributed by atoms with Crippen molar-refractivity contribution >= 4 is 0 Å². The van der Waals surface area contributed by atoms with E-state index in [4.69, 9.17) is 0 Å². The van der Waals surface area contributed by atoms with Gasteiger partial charge in [0.25, 0.3) is 0 Å². The summed E-state index contributed by atoms with van der Waals surface area (Å²) in [6.45, 7) is 1.87. The van der Waals surface area contributed by atoms with Crippen LogP contribution in [0.5, 0.6) is 0 Å². The zero-order valence-electron chi connectivity index (χ0n) is 9.46. The van der Waals surface area contributed by atoms with Crippen LogP contribution < -0.4 is 5.32 Å². The van der Waals surface area contributed by atoms with E-state index in [1.807, 2.05) is 6.07 Å². The van der Waals surface area contributed by atoms with Gasteiger partial charge in [-0.1, -0.05) is 12.1 Å². The van der Waals surface area contributed by atoms with Gasteiger partial charge in [0.1, 0.15) is 5.82 Å². The number of aromatic amines is 1. The molecule has 0 unspecified atom stereocenters. The molecule has 4 heteroatoms. The van der Waals surface area contributed by atoms with Crippen molar-refractivity contribution in [2.45, 2.75) is 12.8 Å². The molecule has 0 atom stereocenters. The van der Waals surface area contributed by atoms with Crippen LogP contribution in [-0.4, -0.2) is 23.3 Å². The fourth-order valence-corrected chi connectivity index (χ4v) is 2.31. The van der Waals surface area contributed by atoms with E-state index in [2.05, 4.69) is 15.5 Å². The van der Waals surface area contributed by atoms with E-state index in [-0.39, 0.29) is 5.82 Å². The maximum absolute atomic E-state index is 13.8. The van der Waals surface area contributed by atoms with E-state index in [0.717, 1.165) is 42.9 Å². The number of aromatic nitrogens is 2. The van der Waals surface area contributed by atoms with Crippen molar-refractivity contribution in [2.24, 2.45) is 0 Å². The van der Waals surface area contributed by atoms with Gasteiger partial charge < -0.3 is 5.32 Å². The van der Waals surface area contributed by atoms with E-state index < -0.39 is 0 Å².